The van der Waals surface area contributed by atoms with E-state index in [2.05, 4.69) is 57.7 Å². The molecule has 0 fully saturated rings. The predicted molar refractivity (Wildman–Crippen MR) is 270 cm³/mol. The molecule has 0 aromatic heterocycles. The average Bonchev–Trinajstić information content (AvgIpc) is 3.42. The fourth-order valence-electron chi connectivity index (χ4n) is 8.05. The minimum Gasteiger partial charge on any atom is -0.497 e. The van der Waals surface area contributed by atoms with Gasteiger partial charge in [-0.1, -0.05) is 146 Å². The Morgan fingerprint density at radius 3 is 1.66 bits per heavy atom. The molecule has 0 heterocycles. The average molecular weight is 955 g/mol. The van der Waals surface area contributed by atoms with E-state index in [-0.39, 0.29) is 31.8 Å². The minimum absolute atomic E-state index is 0.00552. The lowest BCUT2D eigenvalue weighted by Crippen LogP contribution is -2.55. The molecular weight excluding hydrogens is 899 g/mol. The van der Waals surface area contributed by atoms with E-state index < -0.39 is 41.7 Å². The molecule has 7 aromatic rings. The van der Waals surface area contributed by atoms with Crippen molar-refractivity contribution in [2.24, 2.45) is 0 Å². The number of alkyl carbamates (subject to hydrolysis) is 1. The number of unbranched alkanes of at least 4 members (excludes halogenated alkanes) is 1. The molecule has 7 aromatic carbocycles. The Morgan fingerprint density at radius 2 is 1.07 bits per heavy atom. The number of carbonyl (C=O) groups excluding carboxylic acids is 4. The molecular formula is C57H56N5O9+. The van der Waals surface area contributed by atoms with Crippen LogP contribution in [-0.2, 0) is 44.2 Å². The molecule has 14 heteroatoms. The molecule has 0 unspecified atom stereocenters. The molecule has 3 amide bonds. The van der Waals surface area contributed by atoms with Gasteiger partial charge in [0.05, 0.1) is 12.6 Å². The van der Waals surface area contributed by atoms with Crippen molar-refractivity contribution in [2.45, 2.75) is 56.5 Å². The maximum Gasteiger partial charge on any atom is 0.514 e. The molecule has 0 saturated carbocycles. The number of rotatable bonds is 23. The summed E-state index contributed by atoms with van der Waals surface area (Å²) in [5, 5.41) is 14.3. The van der Waals surface area contributed by atoms with Gasteiger partial charge in [0.1, 0.15) is 36.8 Å². The first-order valence-electron chi connectivity index (χ1n) is 23.3. The van der Waals surface area contributed by atoms with Crippen molar-refractivity contribution in [3.8, 4) is 11.5 Å². The normalized spacial score (nSPS) is 11.8. The summed E-state index contributed by atoms with van der Waals surface area (Å²) in [4.78, 5) is 65.0. The van der Waals surface area contributed by atoms with Crippen LogP contribution >= 0.6 is 0 Å². The van der Waals surface area contributed by atoms with Crippen molar-refractivity contribution in [2.75, 3.05) is 19.0 Å². The van der Waals surface area contributed by atoms with Gasteiger partial charge in [-0.05, 0) is 95.6 Å². The van der Waals surface area contributed by atoms with E-state index in [4.69, 9.17) is 18.9 Å². The van der Waals surface area contributed by atoms with Crippen LogP contribution in [0.5, 0.6) is 11.5 Å². The molecule has 7 rings (SSSR count). The molecule has 0 aliphatic rings. The fourth-order valence-corrected chi connectivity index (χ4v) is 8.05. The summed E-state index contributed by atoms with van der Waals surface area (Å²) in [6.45, 7) is 0.426. The second kappa shape index (κ2) is 25.7. The van der Waals surface area contributed by atoms with Crippen LogP contribution in [0, 0.1) is 4.91 Å². The number of anilines is 1. The number of nitrogens with one attached hydrogen (secondary N) is 5. The molecule has 14 nitrogen and oxygen atoms in total. The van der Waals surface area contributed by atoms with Crippen molar-refractivity contribution >= 4 is 35.4 Å². The standard InChI is InChI=1S/C57H55N5O9/c1-68-49-33-27-46(28-34-49)57(44-20-10-4-11-21-44,45-22-12-5-13-23-45)58-37-15-14-24-51(53(63)59-47-29-25-43(26-30-47)40-70-56(66)71-50-35-31-48(62-67)32-36-50)60-54(64)52(38-41-16-6-2-7-17-41)61-55(65)69-39-42-18-8-3-9-19-42/h2-13,16-23,25-36,51-52,58H,14-15,24,37-40H2,1H3,(H,59,63)(H,60,64)(H,61,65)/p+1/t51-,52-/m0/s1. The summed E-state index contributed by atoms with van der Waals surface area (Å²) in [5.41, 5.74) is 5.30. The topological polar surface area (TPSA) is 184 Å². The summed E-state index contributed by atoms with van der Waals surface area (Å²) in [5.74, 6) is -0.0877. The number of amides is 3. The lowest BCUT2D eigenvalue weighted by atomic mass is 9.77. The van der Waals surface area contributed by atoms with Crippen molar-refractivity contribution in [1.82, 2.24) is 16.0 Å². The van der Waals surface area contributed by atoms with Gasteiger partial charge in [-0.25, -0.2) is 9.59 Å². The molecule has 0 aliphatic heterocycles. The van der Waals surface area contributed by atoms with Gasteiger partial charge in [0.25, 0.3) is 5.69 Å². The summed E-state index contributed by atoms with van der Waals surface area (Å²) >= 11 is 0. The number of methoxy groups -OCH3 is 1. The van der Waals surface area contributed by atoms with E-state index in [0.717, 1.165) is 33.6 Å². The van der Waals surface area contributed by atoms with Gasteiger partial charge in [-0.2, -0.15) is 0 Å². The SMILES string of the molecule is COc1ccc(C(NCCCC[C@H](NC(=O)[C@H](Cc2ccccc2)NC(=O)OCc2ccccc2)C(=O)Nc2ccc(COC(=O)Oc3ccc([NH+]=O)cc3)cc2)(c2ccccc2)c2ccccc2)cc1. The van der Waals surface area contributed by atoms with Crippen molar-refractivity contribution < 1.29 is 43.3 Å². The largest absolute Gasteiger partial charge is 0.514 e. The quantitative estimate of drug-likeness (QED) is 0.0180. The predicted octanol–water partition coefficient (Wildman–Crippen LogP) is 8.60. The number of ether oxygens (including phenoxy) is 4. The van der Waals surface area contributed by atoms with Crippen LogP contribution in [0.4, 0.5) is 21.0 Å². The molecule has 5 N–H and O–H groups in total. The van der Waals surface area contributed by atoms with Gasteiger partial charge in [-0.15, -0.1) is 0 Å². The highest BCUT2D eigenvalue weighted by Gasteiger charge is 2.36. The van der Waals surface area contributed by atoms with Gasteiger partial charge in [-0.3, -0.25) is 14.9 Å². The van der Waals surface area contributed by atoms with Crippen LogP contribution in [0.3, 0.4) is 0 Å². The lowest BCUT2D eigenvalue weighted by molar-refractivity contribution is -0.379. The highest BCUT2D eigenvalue weighted by Crippen LogP contribution is 2.37. The first kappa shape index (κ1) is 50.3. The molecule has 0 saturated heterocycles. The van der Waals surface area contributed by atoms with E-state index in [1.54, 1.807) is 36.6 Å². The molecule has 362 valence electrons. The zero-order chi connectivity index (χ0) is 49.7. The Balaban J connectivity index is 1.06. The maximum atomic E-state index is 14.3. The number of hydrogen-bond acceptors (Lipinski definition) is 10. The van der Waals surface area contributed by atoms with E-state index >= 15 is 0 Å². The second-order valence-corrected chi connectivity index (χ2v) is 16.6. The number of hydrogen-bond donors (Lipinski definition) is 5. The first-order valence-corrected chi connectivity index (χ1v) is 23.3. The first-order chi connectivity index (χ1) is 34.7. The number of nitroso groups, excluding NO2 is 1. The summed E-state index contributed by atoms with van der Waals surface area (Å²) in [7, 11) is 1.64. The van der Waals surface area contributed by atoms with Crippen LogP contribution < -0.4 is 35.9 Å². The Hall–Kier alpha value is -8.62. The number of carbonyl (C=O) groups is 4. The Labute approximate surface area is 412 Å². The Morgan fingerprint density at radius 1 is 0.535 bits per heavy atom. The highest BCUT2D eigenvalue weighted by molar-refractivity contribution is 5.98. The number of benzene rings is 7. The smallest absolute Gasteiger partial charge is 0.497 e. The van der Waals surface area contributed by atoms with Crippen molar-refractivity contribution in [3.05, 3.63) is 232 Å². The van der Waals surface area contributed by atoms with Crippen LogP contribution in [0.1, 0.15) is 52.6 Å². The monoisotopic (exact) mass is 954 g/mol. The van der Waals surface area contributed by atoms with Gasteiger partial charge in [0.2, 0.25) is 11.8 Å². The van der Waals surface area contributed by atoms with Crippen molar-refractivity contribution in [3.63, 3.8) is 0 Å². The Kier molecular flexibility index (Phi) is 18.2. The van der Waals surface area contributed by atoms with Gasteiger partial charge in [0.15, 0.2) is 0 Å². The third-order valence-corrected chi connectivity index (χ3v) is 11.7. The summed E-state index contributed by atoms with van der Waals surface area (Å²) in [6.07, 6.45) is -0.176. The fraction of sp³-hybridized carbons (Fsp3) is 0.193. The van der Waals surface area contributed by atoms with Crippen LogP contribution in [0.15, 0.2) is 194 Å². The van der Waals surface area contributed by atoms with E-state index in [1.807, 2.05) is 109 Å². The van der Waals surface area contributed by atoms with Gasteiger partial charge in [0, 0.05) is 34.3 Å². The third kappa shape index (κ3) is 14.5. The molecule has 0 aliphatic carbocycles. The van der Waals surface area contributed by atoms with Crippen LogP contribution in [0.25, 0.3) is 0 Å². The van der Waals surface area contributed by atoms with E-state index in [1.165, 1.54) is 24.3 Å². The van der Waals surface area contributed by atoms with Crippen molar-refractivity contribution in [1.29, 1.82) is 0 Å². The molecule has 0 radical (unpaired) electrons. The van der Waals surface area contributed by atoms with Gasteiger partial charge < -0.3 is 34.9 Å². The van der Waals surface area contributed by atoms with Crippen LogP contribution in [-0.4, -0.2) is 49.8 Å². The highest BCUT2D eigenvalue weighted by atomic mass is 16.7. The zero-order valence-electron chi connectivity index (χ0n) is 39.3. The molecule has 71 heavy (non-hydrogen) atoms. The lowest BCUT2D eigenvalue weighted by Gasteiger charge is -2.37. The Bertz CT molecular complexity index is 2740. The maximum absolute atomic E-state index is 14.3. The van der Waals surface area contributed by atoms with Crippen LogP contribution in [0.2, 0.25) is 0 Å². The molecule has 0 spiro atoms. The van der Waals surface area contributed by atoms with E-state index in [9.17, 15) is 24.1 Å². The minimum atomic E-state index is -1.08. The zero-order valence-corrected chi connectivity index (χ0v) is 39.3. The molecule has 0 bridgehead atoms. The second-order valence-electron chi connectivity index (χ2n) is 16.6. The molecule has 2 atom stereocenters. The summed E-state index contributed by atoms with van der Waals surface area (Å²) < 4.78 is 21.5. The van der Waals surface area contributed by atoms with E-state index in [0.29, 0.717) is 36.3 Å². The summed E-state index contributed by atoms with van der Waals surface area (Å²) in [6, 6.07) is 57.4. The van der Waals surface area contributed by atoms with Gasteiger partial charge >= 0.3 is 12.2 Å². The third-order valence-electron chi connectivity index (χ3n) is 11.7.